The Balaban J connectivity index is 2.01. The fourth-order valence-corrected chi connectivity index (χ4v) is 2.15. The van der Waals surface area contributed by atoms with Gasteiger partial charge in [-0.05, 0) is 18.2 Å². The maximum Gasteiger partial charge on any atom is 0.227 e. The van der Waals surface area contributed by atoms with E-state index in [0.29, 0.717) is 11.4 Å². The molecule has 3 rings (SSSR count). The standard InChI is InChI=1S/C14H12ClFN6/c1-22-7-9(5-19-22)20-14-18-6-11(15)13(21-14)10-4-8(17)2-3-12(10)16/h2-7H,17H2,1H3,(H,18,20,21). The second-order valence-electron chi connectivity index (χ2n) is 4.66. The van der Waals surface area contributed by atoms with Crippen LogP contribution in [0.15, 0.2) is 36.8 Å². The molecule has 8 heteroatoms. The second-order valence-corrected chi connectivity index (χ2v) is 5.06. The molecule has 0 fully saturated rings. The molecule has 2 heterocycles. The Morgan fingerprint density at radius 2 is 2.14 bits per heavy atom. The molecule has 6 nitrogen and oxygen atoms in total. The third-order valence-electron chi connectivity index (χ3n) is 2.95. The monoisotopic (exact) mass is 318 g/mol. The third kappa shape index (κ3) is 2.84. The number of hydrogen-bond donors (Lipinski definition) is 2. The highest BCUT2D eigenvalue weighted by molar-refractivity contribution is 6.32. The van der Waals surface area contributed by atoms with Crippen LogP contribution in [0.5, 0.6) is 0 Å². The van der Waals surface area contributed by atoms with Gasteiger partial charge >= 0.3 is 0 Å². The summed E-state index contributed by atoms with van der Waals surface area (Å²) in [4.78, 5) is 8.34. The van der Waals surface area contributed by atoms with E-state index in [-0.39, 0.29) is 22.2 Å². The molecule has 0 radical (unpaired) electrons. The largest absolute Gasteiger partial charge is 0.399 e. The predicted octanol–water partition coefficient (Wildman–Crippen LogP) is 3.00. The molecule has 0 aliphatic heterocycles. The van der Waals surface area contributed by atoms with Crippen LogP contribution in [0.2, 0.25) is 5.02 Å². The van der Waals surface area contributed by atoms with Crippen molar-refractivity contribution in [2.45, 2.75) is 0 Å². The molecule has 0 spiro atoms. The van der Waals surface area contributed by atoms with E-state index in [9.17, 15) is 4.39 Å². The number of hydrogen-bond acceptors (Lipinski definition) is 5. The molecule has 1 aromatic carbocycles. The molecule has 0 aliphatic rings. The summed E-state index contributed by atoms with van der Waals surface area (Å²) in [6, 6.07) is 4.23. The number of nitrogens with one attached hydrogen (secondary N) is 1. The van der Waals surface area contributed by atoms with E-state index in [1.807, 2.05) is 0 Å². The van der Waals surface area contributed by atoms with Crippen LogP contribution in [-0.4, -0.2) is 19.7 Å². The van der Waals surface area contributed by atoms with Crippen LogP contribution in [0.25, 0.3) is 11.3 Å². The first-order valence-corrected chi connectivity index (χ1v) is 6.74. The highest BCUT2D eigenvalue weighted by atomic mass is 35.5. The fourth-order valence-electron chi connectivity index (χ4n) is 1.96. The van der Waals surface area contributed by atoms with Gasteiger partial charge in [0.1, 0.15) is 5.82 Å². The molecule has 0 amide bonds. The molecule has 0 unspecified atom stereocenters. The van der Waals surface area contributed by atoms with Gasteiger partial charge in [0, 0.05) is 24.5 Å². The summed E-state index contributed by atoms with van der Waals surface area (Å²) < 4.78 is 15.6. The molecule has 0 saturated carbocycles. The number of benzene rings is 1. The summed E-state index contributed by atoms with van der Waals surface area (Å²) >= 11 is 6.09. The first-order chi connectivity index (χ1) is 10.5. The maximum absolute atomic E-state index is 14.0. The van der Waals surface area contributed by atoms with Gasteiger partial charge in [0.2, 0.25) is 5.95 Å². The van der Waals surface area contributed by atoms with E-state index < -0.39 is 5.82 Å². The quantitative estimate of drug-likeness (QED) is 0.725. The lowest BCUT2D eigenvalue weighted by Gasteiger charge is -2.08. The number of nitrogens with two attached hydrogens (primary N) is 1. The van der Waals surface area contributed by atoms with E-state index in [4.69, 9.17) is 17.3 Å². The van der Waals surface area contributed by atoms with Crippen LogP contribution in [0.1, 0.15) is 0 Å². The molecule has 0 aliphatic carbocycles. The molecule has 0 atom stereocenters. The summed E-state index contributed by atoms with van der Waals surface area (Å²) in [6.45, 7) is 0. The molecule has 112 valence electrons. The van der Waals surface area contributed by atoms with Gasteiger partial charge in [-0.15, -0.1) is 0 Å². The van der Waals surface area contributed by atoms with Gasteiger partial charge in [-0.25, -0.2) is 14.4 Å². The molecular weight excluding hydrogens is 307 g/mol. The van der Waals surface area contributed by atoms with Crippen LogP contribution >= 0.6 is 11.6 Å². The first-order valence-electron chi connectivity index (χ1n) is 6.36. The van der Waals surface area contributed by atoms with Gasteiger partial charge in [0.25, 0.3) is 0 Å². The average molecular weight is 319 g/mol. The molecule has 0 bridgehead atoms. The number of aryl methyl sites for hydroxylation is 1. The first kappa shape index (κ1) is 14.3. The molecular formula is C14H12ClFN6. The summed E-state index contributed by atoms with van der Waals surface area (Å²) in [7, 11) is 1.79. The van der Waals surface area contributed by atoms with Gasteiger partial charge in [0.15, 0.2) is 0 Å². The minimum atomic E-state index is -0.456. The van der Waals surface area contributed by atoms with Gasteiger partial charge in [0.05, 0.1) is 28.8 Å². The SMILES string of the molecule is Cn1cc(Nc2ncc(Cl)c(-c3cc(N)ccc3F)n2)cn1. The Bertz CT molecular complexity index is 832. The average Bonchev–Trinajstić information content (AvgIpc) is 2.89. The van der Waals surface area contributed by atoms with Gasteiger partial charge < -0.3 is 11.1 Å². The lowest BCUT2D eigenvalue weighted by atomic mass is 10.1. The van der Waals surface area contributed by atoms with Crippen LogP contribution in [-0.2, 0) is 7.05 Å². The second kappa shape index (κ2) is 5.61. The van der Waals surface area contributed by atoms with Gasteiger partial charge in [-0.2, -0.15) is 5.10 Å². The molecule has 3 N–H and O–H groups in total. The topological polar surface area (TPSA) is 81.7 Å². The van der Waals surface area contributed by atoms with E-state index >= 15 is 0 Å². The smallest absolute Gasteiger partial charge is 0.227 e. The van der Waals surface area contributed by atoms with Crippen molar-refractivity contribution in [3.8, 4) is 11.3 Å². The van der Waals surface area contributed by atoms with E-state index in [1.165, 1.54) is 24.4 Å². The number of anilines is 3. The highest BCUT2D eigenvalue weighted by Gasteiger charge is 2.13. The van der Waals surface area contributed by atoms with Crippen LogP contribution < -0.4 is 11.1 Å². The van der Waals surface area contributed by atoms with Crippen LogP contribution in [0, 0.1) is 5.82 Å². The lowest BCUT2D eigenvalue weighted by Crippen LogP contribution is -1.99. The minimum absolute atomic E-state index is 0.224. The number of aromatic nitrogens is 4. The van der Waals surface area contributed by atoms with Crippen molar-refractivity contribution in [2.75, 3.05) is 11.1 Å². The molecule has 2 aromatic heterocycles. The Labute approximate surface area is 130 Å². The summed E-state index contributed by atoms with van der Waals surface area (Å²) in [5, 5.41) is 7.25. The Morgan fingerprint density at radius 3 is 2.86 bits per heavy atom. The zero-order chi connectivity index (χ0) is 15.7. The molecule has 22 heavy (non-hydrogen) atoms. The Kier molecular flexibility index (Phi) is 3.64. The minimum Gasteiger partial charge on any atom is -0.399 e. The maximum atomic E-state index is 14.0. The lowest BCUT2D eigenvalue weighted by molar-refractivity contribution is 0.631. The van der Waals surface area contributed by atoms with Crippen LogP contribution in [0.3, 0.4) is 0 Å². The number of halogens is 2. The zero-order valence-electron chi connectivity index (χ0n) is 11.6. The van der Waals surface area contributed by atoms with E-state index in [2.05, 4.69) is 20.4 Å². The molecule has 0 saturated heterocycles. The number of nitrogen functional groups attached to an aromatic ring is 1. The third-order valence-corrected chi connectivity index (χ3v) is 3.23. The van der Waals surface area contributed by atoms with Crippen molar-refractivity contribution in [2.24, 2.45) is 7.05 Å². The van der Waals surface area contributed by atoms with Gasteiger partial charge in [-0.3, -0.25) is 4.68 Å². The van der Waals surface area contributed by atoms with Gasteiger partial charge in [-0.1, -0.05) is 11.6 Å². The number of rotatable bonds is 3. The van der Waals surface area contributed by atoms with Crippen molar-refractivity contribution in [3.63, 3.8) is 0 Å². The van der Waals surface area contributed by atoms with Crippen molar-refractivity contribution >= 4 is 28.9 Å². The van der Waals surface area contributed by atoms with Crippen molar-refractivity contribution in [1.82, 2.24) is 19.7 Å². The van der Waals surface area contributed by atoms with Crippen molar-refractivity contribution in [1.29, 1.82) is 0 Å². The van der Waals surface area contributed by atoms with Crippen LogP contribution in [0.4, 0.5) is 21.7 Å². The van der Waals surface area contributed by atoms with Crippen molar-refractivity contribution < 1.29 is 4.39 Å². The predicted molar refractivity (Wildman–Crippen MR) is 83.3 cm³/mol. The van der Waals surface area contributed by atoms with E-state index in [0.717, 1.165) is 0 Å². The Morgan fingerprint density at radius 1 is 1.32 bits per heavy atom. The van der Waals surface area contributed by atoms with Crippen molar-refractivity contribution in [3.05, 3.63) is 47.6 Å². The zero-order valence-corrected chi connectivity index (χ0v) is 12.3. The number of nitrogens with zero attached hydrogens (tertiary/aromatic N) is 4. The summed E-state index contributed by atoms with van der Waals surface area (Å²) in [5.74, 6) is -0.170. The highest BCUT2D eigenvalue weighted by Crippen LogP contribution is 2.30. The Hall–Kier alpha value is -2.67. The summed E-state index contributed by atoms with van der Waals surface area (Å²) in [6.07, 6.45) is 4.79. The fraction of sp³-hybridized carbons (Fsp3) is 0.0714. The molecule has 3 aromatic rings. The normalized spacial score (nSPS) is 10.7. The van der Waals surface area contributed by atoms with E-state index in [1.54, 1.807) is 24.1 Å². The summed E-state index contributed by atoms with van der Waals surface area (Å²) in [5.41, 5.74) is 7.33.